The Hall–Kier alpha value is -0.700. The van der Waals surface area contributed by atoms with Crippen molar-refractivity contribution in [1.82, 2.24) is 15.2 Å². The van der Waals surface area contributed by atoms with E-state index in [1.165, 1.54) is 18.6 Å². The summed E-state index contributed by atoms with van der Waals surface area (Å²) in [6, 6.07) is 5.28. The average Bonchev–Trinajstić information content (AvgIpc) is 2.98. The van der Waals surface area contributed by atoms with E-state index in [9.17, 15) is 4.79 Å². The van der Waals surface area contributed by atoms with Crippen LogP contribution in [0.25, 0.3) is 0 Å². The maximum Gasteiger partial charge on any atom is 0.250 e. The number of hydrogen-bond acceptors (Lipinski definition) is 3. The molecular weight excluding hydrogens is 435 g/mol. The molecule has 1 aromatic heterocycles. The minimum atomic E-state index is 0. The van der Waals surface area contributed by atoms with Gasteiger partial charge >= 0.3 is 0 Å². The van der Waals surface area contributed by atoms with E-state index in [2.05, 4.69) is 34.3 Å². The number of aromatic nitrogens is 1. The van der Waals surface area contributed by atoms with Gasteiger partial charge in [-0.3, -0.25) is 9.79 Å². The number of unbranched alkanes of at least 4 members (excludes halogenated alkanes) is 1. The molecule has 2 rings (SSSR count). The molecular formula is C17H29IN4OS. The minimum Gasteiger partial charge on any atom is -0.356 e. The highest BCUT2D eigenvalue weighted by atomic mass is 127. The van der Waals surface area contributed by atoms with Gasteiger partial charge in [-0.2, -0.15) is 11.8 Å². The van der Waals surface area contributed by atoms with Gasteiger partial charge in [0.15, 0.2) is 5.96 Å². The van der Waals surface area contributed by atoms with Crippen LogP contribution in [-0.2, 0) is 6.54 Å². The smallest absolute Gasteiger partial charge is 0.250 e. The quantitative estimate of drug-likeness (QED) is 0.282. The first-order valence-corrected chi connectivity index (χ1v) is 9.35. The predicted octanol–water partition coefficient (Wildman–Crippen LogP) is 2.70. The lowest BCUT2D eigenvalue weighted by atomic mass is 10.1. The topological polar surface area (TPSA) is 58.4 Å². The zero-order valence-corrected chi connectivity index (χ0v) is 17.7. The summed E-state index contributed by atoms with van der Waals surface area (Å²) in [4.78, 5) is 15.9. The van der Waals surface area contributed by atoms with E-state index in [0.717, 1.165) is 38.4 Å². The number of aryl methyl sites for hydroxylation is 1. The van der Waals surface area contributed by atoms with Crippen LogP contribution in [0.2, 0.25) is 0 Å². The van der Waals surface area contributed by atoms with Crippen LogP contribution in [-0.4, -0.2) is 41.2 Å². The summed E-state index contributed by atoms with van der Waals surface area (Å²) in [5.74, 6) is 2.14. The number of thioether (sulfide) groups is 1. The van der Waals surface area contributed by atoms with Crippen LogP contribution >= 0.6 is 35.7 Å². The first-order chi connectivity index (χ1) is 11.1. The van der Waals surface area contributed by atoms with E-state index in [1.54, 1.807) is 16.7 Å². The van der Waals surface area contributed by atoms with Gasteiger partial charge in [0.2, 0.25) is 5.56 Å². The Morgan fingerprint density at radius 3 is 2.88 bits per heavy atom. The van der Waals surface area contributed by atoms with Crippen molar-refractivity contribution in [1.29, 1.82) is 0 Å². The Morgan fingerprint density at radius 2 is 2.21 bits per heavy atom. The van der Waals surface area contributed by atoms with Gasteiger partial charge in [-0.1, -0.05) is 6.07 Å². The minimum absolute atomic E-state index is 0. The van der Waals surface area contributed by atoms with Gasteiger partial charge < -0.3 is 15.2 Å². The number of rotatable bonds is 7. The fraction of sp³-hybridized carbons (Fsp3) is 0.647. The number of hydrogen-bond donors (Lipinski definition) is 2. The molecule has 0 aliphatic carbocycles. The SMILES string of the molecule is CN=C(NCCCCn1ccccc1=O)NCC1(C)CCCS1.I. The van der Waals surface area contributed by atoms with E-state index in [0.29, 0.717) is 4.75 Å². The van der Waals surface area contributed by atoms with Crippen LogP contribution < -0.4 is 16.2 Å². The van der Waals surface area contributed by atoms with E-state index in [1.807, 2.05) is 19.3 Å². The fourth-order valence-corrected chi connectivity index (χ4v) is 3.97. The van der Waals surface area contributed by atoms with Gasteiger partial charge in [0.05, 0.1) is 0 Å². The molecule has 136 valence electrons. The molecule has 1 aromatic rings. The summed E-state index contributed by atoms with van der Waals surface area (Å²) in [5, 5.41) is 6.79. The van der Waals surface area contributed by atoms with E-state index < -0.39 is 0 Å². The van der Waals surface area contributed by atoms with Gasteiger partial charge in [-0.05, 0) is 44.4 Å². The largest absolute Gasteiger partial charge is 0.356 e. The van der Waals surface area contributed by atoms with Crippen LogP contribution in [0, 0.1) is 0 Å². The van der Waals surface area contributed by atoms with Crippen molar-refractivity contribution >= 4 is 41.7 Å². The van der Waals surface area contributed by atoms with Crippen molar-refractivity contribution in [2.75, 3.05) is 25.9 Å². The number of halogens is 1. The van der Waals surface area contributed by atoms with Crippen molar-refractivity contribution in [3.8, 4) is 0 Å². The molecule has 0 saturated carbocycles. The monoisotopic (exact) mass is 464 g/mol. The zero-order valence-electron chi connectivity index (χ0n) is 14.6. The molecule has 1 unspecified atom stereocenters. The average molecular weight is 464 g/mol. The molecule has 0 spiro atoms. The molecule has 0 amide bonds. The van der Waals surface area contributed by atoms with Gasteiger partial charge in [-0.15, -0.1) is 24.0 Å². The van der Waals surface area contributed by atoms with Crippen LogP contribution in [0.15, 0.2) is 34.2 Å². The highest BCUT2D eigenvalue weighted by Gasteiger charge is 2.29. The molecule has 0 bridgehead atoms. The van der Waals surface area contributed by atoms with E-state index in [4.69, 9.17) is 0 Å². The van der Waals surface area contributed by atoms with Crippen LogP contribution in [0.4, 0.5) is 0 Å². The number of guanidine groups is 1. The number of nitrogens with one attached hydrogen (secondary N) is 2. The third kappa shape index (κ3) is 7.04. The lowest BCUT2D eigenvalue weighted by Gasteiger charge is -2.24. The van der Waals surface area contributed by atoms with Gasteiger partial charge in [0.25, 0.3) is 0 Å². The van der Waals surface area contributed by atoms with Crippen molar-refractivity contribution < 1.29 is 0 Å². The summed E-state index contributed by atoms with van der Waals surface area (Å²) in [6.07, 6.45) is 6.41. The van der Waals surface area contributed by atoms with Crippen LogP contribution in [0.5, 0.6) is 0 Å². The molecule has 0 aromatic carbocycles. The Morgan fingerprint density at radius 1 is 1.38 bits per heavy atom. The third-order valence-electron chi connectivity index (χ3n) is 4.17. The fourth-order valence-electron chi connectivity index (χ4n) is 2.73. The standard InChI is InChI=1S/C17H28N4OS.HI/c1-17(9-7-13-23-17)14-20-16(18-2)19-10-4-6-12-21-11-5-3-8-15(21)22;/h3,5,8,11H,4,6-7,9-10,12-14H2,1-2H3,(H2,18,19,20);1H. The summed E-state index contributed by atoms with van der Waals surface area (Å²) >= 11 is 2.05. The normalized spacial score (nSPS) is 20.5. The summed E-state index contributed by atoms with van der Waals surface area (Å²) < 4.78 is 2.09. The summed E-state index contributed by atoms with van der Waals surface area (Å²) in [7, 11) is 1.81. The molecule has 1 fully saturated rings. The molecule has 2 N–H and O–H groups in total. The molecule has 24 heavy (non-hydrogen) atoms. The van der Waals surface area contributed by atoms with Crippen molar-refractivity contribution in [2.24, 2.45) is 4.99 Å². The van der Waals surface area contributed by atoms with Gasteiger partial charge in [-0.25, -0.2) is 0 Å². The molecule has 1 aliphatic rings. The first-order valence-electron chi connectivity index (χ1n) is 8.37. The van der Waals surface area contributed by atoms with Gasteiger partial charge in [0, 0.05) is 43.7 Å². The molecule has 1 saturated heterocycles. The number of nitrogens with zero attached hydrogens (tertiary/aromatic N) is 2. The molecule has 5 nitrogen and oxygen atoms in total. The summed E-state index contributed by atoms with van der Waals surface area (Å²) in [5.41, 5.74) is 0.0697. The highest BCUT2D eigenvalue weighted by Crippen LogP contribution is 2.36. The molecule has 1 atom stereocenters. The number of pyridine rings is 1. The maximum absolute atomic E-state index is 11.6. The van der Waals surface area contributed by atoms with E-state index in [-0.39, 0.29) is 29.5 Å². The van der Waals surface area contributed by atoms with Crippen LogP contribution in [0.3, 0.4) is 0 Å². The lowest BCUT2D eigenvalue weighted by Crippen LogP contribution is -2.43. The van der Waals surface area contributed by atoms with Crippen LogP contribution in [0.1, 0.15) is 32.6 Å². The molecule has 2 heterocycles. The second kappa shape index (κ2) is 11.0. The second-order valence-electron chi connectivity index (χ2n) is 6.19. The Bertz CT molecular complexity index is 570. The Balaban J connectivity index is 0.00000288. The lowest BCUT2D eigenvalue weighted by molar-refractivity contribution is 0.571. The first kappa shape index (κ1) is 21.3. The van der Waals surface area contributed by atoms with Crippen molar-refractivity contribution in [2.45, 2.75) is 43.9 Å². The molecule has 7 heteroatoms. The van der Waals surface area contributed by atoms with Gasteiger partial charge in [0.1, 0.15) is 0 Å². The summed E-state index contributed by atoms with van der Waals surface area (Å²) in [6.45, 7) is 4.91. The zero-order chi connectivity index (χ0) is 16.5. The Kier molecular flexibility index (Phi) is 9.80. The second-order valence-corrected chi connectivity index (χ2v) is 7.88. The highest BCUT2D eigenvalue weighted by molar-refractivity contribution is 14.0. The third-order valence-corrected chi connectivity index (χ3v) is 5.71. The number of aliphatic imine (C=N–C) groups is 1. The molecule has 1 aliphatic heterocycles. The van der Waals surface area contributed by atoms with Crippen molar-refractivity contribution in [3.05, 3.63) is 34.7 Å². The maximum atomic E-state index is 11.6. The predicted molar refractivity (Wildman–Crippen MR) is 115 cm³/mol. The van der Waals surface area contributed by atoms with E-state index >= 15 is 0 Å². The molecule has 0 radical (unpaired) electrons. The Labute approximate surface area is 166 Å². The van der Waals surface area contributed by atoms with Crippen molar-refractivity contribution in [3.63, 3.8) is 0 Å².